The molecule has 22 heavy (non-hydrogen) atoms. The Hall–Kier alpha value is -1.18. The molecule has 121 valence electrons. The Kier molecular flexibility index (Phi) is 4.27. The van der Waals surface area contributed by atoms with Gasteiger partial charge in [0.05, 0.1) is 17.0 Å². The molecule has 0 bridgehead atoms. The van der Waals surface area contributed by atoms with Gasteiger partial charge < -0.3 is 0 Å². The van der Waals surface area contributed by atoms with Crippen LogP contribution < -0.4 is 0 Å². The van der Waals surface area contributed by atoms with Crippen molar-refractivity contribution in [3.63, 3.8) is 0 Å². The first-order valence-electron chi connectivity index (χ1n) is 8.52. The minimum atomic E-state index is -0.244. The van der Waals surface area contributed by atoms with E-state index in [-0.39, 0.29) is 11.0 Å². The molecule has 0 amide bonds. The summed E-state index contributed by atoms with van der Waals surface area (Å²) in [4.78, 5) is 10.2. The first-order chi connectivity index (χ1) is 10.1. The molecule has 0 saturated heterocycles. The van der Waals surface area contributed by atoms with Gasteiger partial charge in [0, 0.05) is 5.41 Å². The molecule has 0 spiro atoms. The van der Waals surface area contributed by atoms with Crippen LogP contribution in [0.15, 0.2) is 32.3 Å². The Balaban J connectivity index is 2.62. The van der Waals surface area contributed by atoms with E-state index in [1.165, 1.54) is 39.8 Å². The van der Waals surface area contributed by atoms with Crippen LogP contribution in [0.25, 0.3) is 0 Å². The standard InChI is InChI=1S/C20H31N2/c1-10-16-17(11-2)22-19(7,8)18(21-16)20(9)14(5)12(3)13(4)15(20)6/h10-11H2,1-9H3. The highest BCUT2D eigenvalue weighted by atomic mass is 15.0. The van der Waals surface area contributed by atoms with Gasteiger partial charge in [0.15, 0.2) is 0 Å². The van der Waals surface area contributed by atoms with Crippen LogP contribution in [0.2, 0.25) is 0 Å². The molecule has 1 aliphatic heterocycles. The van der Waals surface area contributed by atoms with Crippen LogP contribution in [0.4, 0.5) is 0 Å². The molecule has 0 aromatic heterocycles. The SMILES string of the molecule is CCC1=N[C](C2(C)C(C)=C(C)C(C)=C2C)C(C)(C)N=C1CC. The normalized spacial score (nSPS) is 24.8. The van der Waals surface area contributed by atoms with Crippen LogP contribution in [-0.2, 0) is 0 Å². The molecular formula is C20H31N2. The minimum Gasteiger partial charge on any atom is -0.279 e. The molecule has 0 aromatic carbocycles. The van der Waals surface area contributed by atoms with Crippen molar-refractivity contribution in [3.05, 3.63) is 28.3 Å². The van der Waals surface area contributed by atoms with Gasteiger partial charge in [0.1, 0.15) is 6.04 Å². The van der Waals surface area contributed by atoms with Crippen molar-refractivity contribution in [2.45, 2.75) is 80.7 Å². The van der Waals surface area contributed by atoms with Gasteiger partial charge in [0.25, 0.3) is 0 Å². The maximum absolute atomic E-state index is 5.16. The highest BCUT2D eigenvalue weighted by Gasteiger charge is 2.51. The van der Waals surface area contributed by atoms with Crippen molar-refractivity contribution < 1.29 is 0 Å². The van der Waals surface area contributed by atoms with E-state index in [2.05, 4.69) is 62.3 Å². The molecule has 2 aliphatic rings. The van der Waals surface area contributed by atoms with Gasteiger partial charge in [-0.25, -0.2) is 0 Å². The second kappa shape index (κ2) is 5.47. The number of hydrogen-bond donors (Lipinski definition) is 0. The van der Waals surface area contributed by atoms with Gasteiger partial charge in [-0.2, -0.15) is 0 Å². The van der Waals surface area contributed by atoms with E-state index in [4.69, 9.17) is 9.98 Å². The fraction of sp³-hybridized carbons (Fsp3) is 0.650. The molecule has 0 saturated carbocycles. The summed E-state index contributed by atoms with van der Waals surface area (Å²) in [6.07, 6.45) is 1.91. The Morgan fingerprint density at radius 3 is 1.64 bits per heavy atom. The van der Waals surface area contributed by atoms with Gasteiger partial charge in [-0.05, 0) is 72.5 Å². The quantitative estimate of drug-likeness (QED) is 0.638. The molecule has 2 rings (SSSR count). The molecule has 0 fully saturated rings. The summed E-state index contributed by atoms with van der Waals surface area (Å²) in [6, 6.07) is 1.21. The average molecular weight is 299 g/mol. The summed E-state index contributed by atoms with van der Waals surface area (Å²) in [7, 11) is 0. The van der Waals surface area contributed by atoms with Crippen molar-refractivity contribution in [2.24, 2.45) is 15.4 Å². The van der Waals surface area contributed by atoms with Crippen molar-refractivity contribution in [1.29, 1.82) is 0 Å². The summed E-state index contributed by atoms with van der Waals surface area (Å²) in [6.45, 7) is 20.1. The Labute approximate surface area is 136 Å². The van der Waals surface area contributed by atoms with Crippen LogP contribution in [0.3, 0.4) is 0 Å². The van der Waals surface area contributed by atoms with Crippen LogP contribution in [-0.4, -0.2) is 17.0 Å². The van der Waals surface area contributed by atoms with Gasteiger partial charge >= 0.3 is 0 Å². The van der Waals surface area contributed by atoms with Gasteiger partial charge in [-0.1, -0.05) is 25.0 Å². The first kappa shape index (κ1) is 17.2. The van der Waals surface area contributed by atoms with E-state index in [9.17, 15) is 0 Å². The summed E-state index contributed by atoms with van der Waals surface area (Å²) in [5.41, 5.74) is 7.70. The number of hydrogen-bond acceptors (Lipinski definition) is 2. The molecular weight excluding hydrogens is 268 g/mol. The van der Waals surface area contributed by atoms with Crippen LogP contribution in [0.5, 0.6) is 0 Å². The summed E-state index contributed by atoms with van der Waals surface area (Å²) in [5, 5.41) is 0. The highest BCUT2D eigenvalue weighted by Crippen LogP contribution is 2.57. The highest BCUT2D eigenvalue weighted by molar-refractivity contribution is 6.43. The smallest absolute Gasteiger partial charge is 0.127 e. The molecule has 0 atom stereocenters. The lowest BCUT2D eigenvalue weighted by Crippen LogP contribution is -2.44. The summed E-state index contributed by atoms with van der Waals surface area (Å²) >= 11 is 0. The van der Waals surface area contributed by atoms with Crippen molar-refractivity contribution in [1.82, 2.24) is 0 Å². The lowest BCUT2D eigenvalue weighted by Gasteiger charge is -2.44. The third kappa shape index (κ3) is 2.23. The number of nitrogens with zero attached hydrogens (tertiary/aromatic N) is 2. The van der Waals surface area contributed by atoms with Crippen LogP contribution in [0, 0.1) is 11.5 Å². The zero-order valence-electron chi connectivity index (χ0n) is 15.8. The molecule has 1 radical (unpaired) electrons. The maximum Gasteiger partial charge on any atom is 0.127 e. The van der Waals surface area contributed by atoms with Crippen molar-refractivity contribution >= 4 is 11.4 Å². The maximum atomic E-state index is 5.16. The average Bonchev–Trinajstić information content (AvgIpc) is 2.62. The monoisotopic (exact) mass is 299 g/mol. The Bertz CT molecular complexity index is 588. The number of aliphatic imine (C=N–C) groups is 2. The number of rotatable bonds is 3. The topological polar surface area (TPSA) is 24.7 Å². The predicted molar refractivity (Wildman–Crippen MR) is 97.6 cm³/mol. The first-order valence-corrected chi connectivity index (χ1v) is 8.52. The summed E-state index contributed by atoms with van der Waals surface area (Å²) < 4.78 is 0. The third-order valence-corrected chi connectivity index (χ3v) is 5.90. The fourth-order valence-electron chi connectivity index (χ4n) is 4.03. The van der Waals surface area contributed by atoms with E-state index in [1.807, 2.05) is 0 Å². The van der Waals surface area contributed by atoms with Crippen molar-refractivity contribution in [2.75, 3.05) is 0 Å². The zero-order chi connectivity index (χ0) is 16.9. The molecule has 1 heterocycles. The third-order valence-electron chi connectivity index (χ3n) is 5.90. The van der Waals surface area contributed by atoms with E-state index in [0.29, 0.717) is 0 Å². The molecule has 0 unspecified atom stereocenters. The molecule has 1 aliphatic carbocycles. The fourth-order valence-corrected chi connectivity index (χ4v) is 4.03. The predicted octanol–water partition coefficient (Wildman–Crippen LogP) is 5.71. The second-order valence-corrected chi connectivity index (χ2v) is 7.36. The summed E-state index contributed by atoms with van der Waals surface area (Å²) in [5.74, 6) is 0. The van der Waals surface area contributed by atoms with Gasteiger partial charge in [-0.3, -0.25) is 9.98 Å². The largest absolute Gasteiger partial charge is 0.279 e. The van der Waals surface area contributed by atoms with E-state index >= 15 is 0 Å². The Morgan fingerprint density at radius 1 is 0.773 bits per heavy atom. The van der Waals surface area contributed by atoms with Gasteiger partial charge in [0.2, 0.25) is 0 Å². The molecule has 2 heteroatoms. The zero-order valence-corrected chi connectivity index (χ0v) is 15.8. The van der Waals surface area contributed by atoms with E-state index in [1.54, 1.807) is 0 Å². The van der Waals surface area contributed by atoms with Crippen molar-refractivity contribution in [3.8, 4) is 0 Å². The number of allylic oxidation sites excluding steroid dienone is 2. The van der Waals surface area contributed by atoms with Gasteiger partial charge in [-0.15, -0.1) is 0 Å². The molecule has 2 nitrogen and oxygen atoms in total. The van der Waals surface area contributed by atoms with Crippen LogP contribution >= 0.6 is 0 Å². The molecule has 0 aromatic rings. The lowest BCUT2D eigenvalue weighted by molar-refractivity contribution is 0.369. The molecule has 0 N–H and O–H groups in total. The Morgan fingerprint density at radius 2 is 1.23 bits per heavy atom. The van der Waals surface area contributed by atoms with Crippen LogP contribution in [0.1, 0.15) is 75.2 Å². The second-order valence-electron chi connectivity index (χ2n) is 7.36. The minimum absolute atomic E-state index is 0.0964. The lowest BCUT2D eigenvalue weighted by atomic mass is 9.66. The van der Waals surface area contributed by atoms with E-state index < -0.39 is 0 Å². The van der Waals surface area contributed by atoms with E-state index in [0.717, 1.165) is 12.8 Å².